The van der Waals surface area contributed by atoms with Crippen LogP contribution in [0.3, 0.4) is 0 Å². The number of benzene rings is 1. The fraction of sp³-hybridized carbons (Fsp3) is 0.200. The lowest BCUT2D eigenvalue weighted by atomic mass is 9.82. The number of hydrogen-bond acceptors (Lipinski definition) is 1. The van der Waals surface area contributed by atoms with Crippen molar-refractivity contribution in [3.63, 3.8) is 0 Å². The van der Waals surface area contributed by atoms with E-state index in [0.717, 1.165) is 16.5 Å². The maximum atomic E-state index is 6.85. The van der Waals surface area contributed by atoms with E-state index in [1.54, 1.807) is 0 Å². The van der Waals surface area contributed by atoms with E-state index in [2.05, 4.69) is 23.2 Å². The zero-order valence-electron chi connectivity index (χ0n) is 9.94. The van der Waals surface area contributed by atoms with Crippen LogP contribution in [-0.4, -0.2) is 11.5 Å². The molecule has 0 saturated heterocycles. The van der Waals surface area contributed by atoms with E-state index in [4.69, 9.17) is 17.3 Å². The molecule has 3 rings (SSSR count). The number of aromatic amines is 1. The summed E-state index contributed by atoms with van der Waals surface area (Å²) in [5, 5.41) is 1.16. The van der Waals surface area contributed by atoms with Gasteiger partial charge in [-0.1, -0.05) is 42.5 Å². The summed E-state index contributed by atoms with van der Waals surface area (Å²) in [4.78, 5) is 2.72. The molecular weight excluding hydrogens is 244 g/mol. The SMILES string of the molecule is NCC1C=CC=CC1(Cl)c1c[nH]c2ccccc12. The molecule has 0 radical (unpaired) electrons. The first-order valence-electron chi connectivity index (χ1n) is 6.07. The summed E-state index contributed by atoms with van der Waals surface area (Å²) in [5.41, 5.74) is 8.05. The number of nitrogens with one attached hydrogen (secondary N) is 1. The van der Waals surface area contributed by atoms with Crippen molar-refractivity contribution < 1.29 is 0 Å². The van der Waals surface area contributed by atoms with E-state index in [1.807, 2.05) is 36.6 Å². The van der Waals surface area contributed by atoms with Gasteiger partial charge >= 0.3 is 0 Å². The predicted molar refractivity (Wildman–Crippen MR) is 76.7 cm³/mol. The van der Waals surface area contributed by atoms with Crippen LogP contribution in [0.1, 0.15) is 5.56 Å². The minimum absolute atomic E-state index is 0.114. The first-order valence-corrected chi connectivity index (χ1v) is 6.45. The monoisotopic (exact) mass is 258 g/mol. The molecule has 0 saturated carbocycles. The fourth-order valence-electron chi connectivity index (χ4n) is 2.59. The molecule has 1 aliphatic carbocycles. The van der Waals surface area contributed by atoms with Crippen molar-refractivity contribution in [2.45, 2.75) is 4.87 Å². The van der Waals surface area contributed by atoms with Gasteiger partial charge in [0.1, 0.15) is 0 Å². The molecule has 0 amide bonds. The van der Waals surface area contributed by atoms with Gasteiger partial charge in [-0.3, -0.25) is 0 Å². The molecule has 0 fully saturated rings. The summed E-state index contributed by atoms with van der Waals surface area (Å²) >= 11 is 6.85. The maximum Gasteiger partial charge on any atom is 0.0973 e. The molecule has 2 aromatic rings. The number of alkyl halides is 1. The van der Waals surface area contributed by atoms with Gasteiger partial charge in [0.2, 0.25) is 0 Å². The van der Waals surface area contributed by atoms with Crippen molar-refractivity contribution in [1.82, 2.24) is 4.98 Å². The summed E-state index contributed by atoms with van der Waals surface area (Å²) in [6.07, 6.45) is 10.1. The number of allylic oxidation sites excluding steroid dienone is 3. The van der Waals surface area contributed by atoms with Gasteiger partial charge in [-0.05, 0) is 6.07 Å². The molecular formula is C15H15ClN2. The largest absolute Gasteiger partial charge is 0.361 e. The average molecular weight is 259 g/mol. The fourth-order valence-corrected chi connectivity index (χ4v) is 2.98. The number of para-hydroxylation sites is 1. The summed E-state index contributed by atoms with van der Waals surface area (Å²) in [6.45, 7) is 0.532. The van der Waals surface area contributed by atoms with E-state index in [1.165, 1.54) is 0 Å². The molecule has 1 aliphatic rings. The van der Waals surface area contributed by atoms with Crippen LogP contribution < -0.4 is 5.73 Å². The van der Waals surface area contributed by atoms with Crippen LogP contribution in [0.15, 0.2) is 54.8 Å². The molecule has 1 heterocycles. The van der Waals surface area contributed by atoms with Crippen LogP contribution in [0.25, 0.3) is 10.9 Å². The van der Waals surface area contributed by atoms with Crippen molar-refractivity contribution in [3.8, 4) is 0 Å². The topological polar surface area (TPSA) is 41.8 Å². The van der Waals surface area contributed by atoms with Crippen LogP contribution in [0.5, 0.6) is 0 Å². The van der Waals surface area contributed by atoms with Gasteiger partial charge in [-0.2, -0.15) is 0 Å². The highest BCUT2D eigenvalue weighted by molar-refractivity contribution is 6.27. The lowest BCUT2D eigenvalue weighted by Crippen LogP contribution is -2.32. The minimum Gasteiger partial charge on any atom is -0.361 e. The molecule has 2 nitrogen and oxygen atoms in total. The van der Waals surface area contributed by atoms with Crippen LogP contribution in [0.2, 0.25) is 0 Å². The highest BCUT2D eigenvalue weighted by Crippen LogP contribution is 2.43. The van der Waals surface area contributed by atoms with E-state index >= 15 is 0 Å². The first kappa shape index (κ1) is 11.6. The molecule has 1 aromatic heterocycles. The Morgan fingerprint density at radius 2 is 2.11 bits per heavy atom. The van der Waals surface area contributed by atoms with Gasteiger partial charge in [0.05, 0.1) is 4.87 Å². The summed E-state index contributed by atoms with van der Waals surface area (Å²) in [7, 11) is 0. The van der Waals surface area contributed by atoms with Gasteiger partial charge in [0.15, 0.2) is 0 Å². The lowest BCUT2D eigenvalue weighted by Gasteiger charge is -2.32. The number of rotatable bonds is 2. The van der Waals surface area contributed by atoms with E-state index in [9.17, 15) is 0 Å². The van der Waals surface area contributed by atoms with Gasteiger partial charge < -0.3 is 10.7 Å². The molecule has 3 N–H and O–H groups in total. The molecule has 0 bridgehead atoms. The molecule has 18 heavy (non-hydrogen) atoms. The van der Waals surface area contributed by atoms with Crippen LogP contribution >= 0.6 is 11.6 Å². The van der Waals surface area contributed by atoms with E-state index < -0.39 is 4.87 Å². The highest BCUT2D eigenvalue weighted by Gasteiger charge is 2.37. The second-order valence-electron chi connectivity index (χ2n) is 4.60. The van der Waals surface area contributed by atoms with Crippen LogP contribution in [-0.2, 0) is 4.87 Å². The number of H-pyrrole nitrogens is 1. The lowest BCUT2D eigenvalue weighted by molar-refractivity contribution is 0.537. The van der Waals surface area contributed by atoms with Gasteiger partial charge in [-0.15, -0.1) is 11.6 Å². The summed E-state index contributed by atoms with van der Waals surface area (Å²) in [6, 6.07) is 8.18. The molecule has 92 valence electrons. The Bertz CT molecular complexity index is 626. The number of fused-ring (bicyclic) bond motifs is 1. The van der Waals surface area contributed by atoms with Crippen LogP contribution in [0.4, 0.5) is 0 Å². The average Bonchev–Trinajstić information content (AvgIpc) is 2.83. The number of nitrogens with two attached hydrogens (primary N) is 1. The van der Waals surface area contributed by atoms with Crippen molar-refractivity contribution in [2.24, 2.45) is 11.7 Å². The first-order chi connectivity index (χ1) is 8.75. The third-order valence-corrected chi connectivity index (χ3v) is 4.20. The molecule has 0 aliphatic heterocycles. The minimum atomic E-state index is -0.552. The van der Waals surface area contributed by atoms with E-state index in [-0.39, 0.29) is 5.92 Å². The Kier molecular flexibility index (Phi) is 2.77. The molecule has 0 spiro atoms. The molecule has 1 aromatic carbocycles. The standard InChI is InChI=1S/C15H15ClN2/c16-15(8-4-3-5-11(15)9-17)13-10-18-14-7-2-1-6-12(13)14/h1-8,10-11,18H,9,17H2. The smallest absolute Gasteiger partial charge is 0.0973 e. The van der Waals surface area contributed by atoms with Crippen molar-refractivity contribution in [2.75, 3.05) is 6.54 Å². The Morgan fingerprint density at radius 1 is 1.28 bits per heavy atom. The molecule has 2 unspecified atom stereocenters. The van der Waals surface area contributed by atoms with Crippen molar-refractivity contribution in [1.29, 1.82) is 0 Å². The Morgan fingerprint density at radius 3 is 2.94 bits per heavy atom. The van der Waals surface area contributed by atoms with Gasteiger partial charge in [0.25, 0.3) is 0 Å². The van der Waals surface area contributed by atoms with Crippen LogP contribution in [0, 0.1) is 5.92 Å². The second kappa shape index (κ2) is 4.30. The maximum absolute atomic E-state index is 6.85. The number of hydrogen-bond donors (Lipinski definition) is 2. The zero-order valence-corrected chi connectivity index (χ0v) is 10.7. The van der Waals surface area contributed by atoms with E-state index in [0.29, 0.717) is 6.54 Å². The van der Waals surface area contributed by atoms with Crippen molar-refractivity contribution in [3.05, 3.63) is 60.3 Å². The summed E-state index contributed by atoms with van der Waals surface area (Å²) in [5.74, 6) is 0.114. The number of halogens is 1. The normalized spacial score (nSPS) is 26.9. The van der Waals surface area contributed by atoms with Crippen molar-refractivity contribution >= 4 is 22.5 Å². The quantitative estimate of drug-likeness (QED) is 0.798. The predicted octanol–water partition coefficient (Wildman–Crippen LogP) is 3.30. The Labute approximate surface area is 111 Å². The molecule has 2 atom stereocenters. The summed E-state index contributed by atoms with van der Waals surface area (Å²) < 4.78 is 0. The number of aromatic nitrogens is 1. The Balaban J connectivity index is 2.18. The highest BCUT2D eigenvalue weighted by atomic mass is 35.5. The van der Waals surface area contributed by atoms with Gasteiger partial charge in [-0.25, -0.2) is 0 Å². The second-order valence-corrected chi connectivity index (χ2v) is 5.23. The zero-order chi connectivity index (χ0) is 12.6. The van der Waals surface area contributed by atoms with Gasteiger partial charge in [0, 0.05) is 35.1 Å². The third kappa shape index (κ3) is 1.61. The molecule has 3 heteroatoms. The Hall–Kier alpha value is -1.51. The third-order valence-electron chi connectivity index (χ3n) is 3.59.